The summed E-state index contributed by atoms with van der Waals surface area (Å²) >= 11 is 0. The molecule has 0 unspecified atom stereocenters. The Kier molecular flexibility index (Phi) is 5.76. The molecule has 3 nitrogen and oxygen atoms in total. The summed E-state index contributed by atoms with van der Waals surface area (Å²) in [4.78, 5) is 2.19. The number of nitrogens with zero attached hydrogens (tertiary/aromatic N) is 1. The van der Waals surface area contributed by atoms with E-state index in [1.165, 1.54) is 0 Å². The Balaban J connectivity index is 2.74. The van der Waals surface area contributed by atoms with Crippen molar-refractivity contribution in [3.8, 4) is 5.75 Å². The van der Waals surface area contributed by atoms with Gasteiger partial charge in [0.05, 0.1) is 6.61 Å². The van der Waals surface area contributed by atoms with Crippen LogP contribution in [0.25, 0.3) is 0 Å². The van der Waals surface area contributed by atoms with Crippen molar-refractivity contribution < 1.29 is 9.13 Å². The number of nitrogens with two attached hydrogens (primary N) is 1. The van der Waals surface area contributed by atoms with Crippen molar-refractivity contribution in [2.24, 2.45) is 5.73 Å². The minimum absolute atomic E-state index is 0.00379. The molecule has 0 aliphatic rings. The molecule has 0 radical (unpaired) electrons. The van der Waals surface area contributed by atoms with Gasteiger partial charge in [0.1, 0.15) is 0 Å². The highest BCUT2D eigenvalue weighted by Gasteiger charge is 2.22. The summed E-state index contributed by atoms with van der Waals surface area (Å²) in [6, 6.07) is 5.14. The standard InChI is InChI=1S/C15H25FN2O/c1-5-19-14-7-6-12(10-13(14)16)11-18(4)15(2,3)8-9-17/h6-7,10H,5,8-9,11,17H2,1-4H3. The summed E-state index contributed by atoms with van der Waals surface area (Å²) in [7, 11) is 2.03. The van der Waals surface area contributed by atoms with Crippen LogP contribution in [0.2, 0.25) is 0 Å². The van der Waals surface area contributed by atoms with Crippen LogP contribution in [-0.4, -0.2) is 30.6 Å². The minimum atomic E-state index is -0.301. The summed E-state index contributed by atoms with van der Waals surface area (Å²) in [5, 5.41) is 0. The lowest BCUT2D eigenvalue weighted by molar-refractivity contribution is 0.140. The number of rotatable bonds is 7. The lowest BCUT2D eigenvalue weighted by Crippen LogP contribution is -2.42. The monoisotopic (exact) mass is 268 g/mol. The third kappa shape index (κ3) is 4.48. The van der Waals surface area contributed by atoms with Gasteiger partial charge in [-0.2, -0.15) is 0 Å². The summed E-state index contributed by atoms with van der Waals surface area (Å²) in [6.45, 7) is 7.94. The van der Waals surface area contributed by atoms with E-state index in [9.17, 15) is 4.39 Å². The molecule has 0 aliphatic carbocycles. The number of ether oxygens (including phenoxy) is 1. The van der Waals surface area contributed by atoms with Gasteiger partial charge in [0.15, 0.2) is 11.6 Å². The molecule has 0 aliphatic heterocycles. The van der Waals surface area contributed by atoms with Crippen LogP contribution in [0, 0.1) is 5.82 Å². The third-order valence-electron chi connectivity index (χ3n) is 3.51. The van der Waals surface area contributed by atoms with Gasteiger partial charge in [-0.15, -0.1) is 0 Å². The number of benzene rings is 1. The smallest absolute Gasteiger partial charge is 0.165 e. The van der Waals surface area contributed by atoms with Gasteiger partial charge in [-0.05, 0) is 58.5 Å². The fraction of sp³-hybridized carbons (Fsp3) is 0.600. The van der Waals surface area contributed by atoms with E-state index >= 15 is 0 Å². The topological polar surface area (TPSA) is 38.5 Å². The van der Waals surface area contributed by atoms with Crippen LogP contribution in [0.3, 0.4) is 0 Å². The molecule has 1 aromatic rings. The second kappa shape index (κ2) is 6.87. The molecule has 2 N–H and O–H groups in total. The Hall–Kier alpha value is -1.13. The third-order valence-corrected chi connectivity index (χ3v) is 3.51. The number of hydrogen-bond acceptors (Lipinski definition) is 3. The summed E-state index contributed by atoms with van der Waals surface area (Å²) in [5.74, 6) is 0.0134. The van der Waals surface area contributed by atoms with E-state index in [1.807, 2.05) is 20.0 Å². The summed E-state index contributed by atoms with van der Waals surface area (Å²) in [6.07, 6.45) is 0.906. The molecule has 108 valence electrons. The summed E-state index contributed by atoms with van der Waals surface area (Å²) in [5.41, 5.74) is 6.56. The lowest BCUT2D eigenvalue weighted by atomic mass is 9.98. The van der Waals surface area contributed by atoms with Gasteiger partial charge in [-0.1, -0.05) is 6.07 Å². The molecule has 0 amide bonds. The highest BCUT2D eigenvalue weighted by molar-refractivity contribution is 5.29. The first kappa shape index (κ1) is 15.9. The molecule has 0 spiro atoms. The summed E-state index contributed by atoms with van der Waals surface area (Å²) < 4.78 is 19.0. The minimum Gasteiger partial charge on any atom is -0.491 e. The molecule has 0 fully saturated rings. The van der Waals surface area contributed by atoms with E-state index in [0.29, 0.717) is 25.4 Å². The van der Waals surface area contributed by atoms with E-state index in [1.54, 1.807) is 12.1 Å². The quantitative estimate of drug-likeness (QED) is 0.826. The Morgan fingerprint density at radius 3 is 2.58 bits per heavy atom. The molecule has 0 saturated heterocycles. The molecule has 0 saturated carbocycles. The molecular formula is C15H25FN2O. The maximum atomic E-state index is 13.8. The predicted octanol–water partition coefficient (Wildman–Crippen LogP) is 2.78. The first-order valence-electron chi connectivity index (χ1n) is 6.73. The number of halogens is 1. The van der Waals surface area contributed by atoms with Gasteiger partial charge in [-0.3, -0.25) is 4.90 Å². The van der Waals surface area contributed by atoms with Gasteiger partial charge in [-0.25, -0.2) is 4.39 Å². The maximum absolute atomic E-state index is 13.8. The normalized spacial score (nSPS) is 11.9. The zero-order valence-electron chi connectivity index (χ0n) is 12.4. The fourth-order valence-electron chi connectivity index (χ4n) is 1.95. The molecule has 1 aromatic carbocycles. The highest BCUT2D eigenvalue weighted by atomic mass is 19.1. The molecule has 4 heteroatoms. The molecule has 0 atom stereocenters. The SMILES string of the molecule is CCOc1ccc(CN(C)C(C)(C)CCN)cc1F. The van der Waals surface area contributed by atoms with E-state index in [2.05, 4.69) is 18.7 Å². The average Bonchev–Trinajstić information content (AvgIpc) is 2.32. The Bertz CT molecular complexity index is 407. The van der Waals surface area contributed by atoms with Crippen molar-refractivity contribution in [3.05, 3.63) is 29.6 Å². The van der Waals surface area contributed by atoms with E-state index in [4.69, 9.17) is 10.5 Å². The Morgan fingerprint density at radius 2 is 2.05 bits per heavy atom. The zero-order chi connectivity index (χ0) is 14.5. The van der Waals surface area contributed by atoms with Crippen LogP contribution in [0.1, 0.15) is 32.8 Å². The molecule has 0 heterocycles. The second-order valence-corrected chi connectivity index (χ2v) is 5.40. The van der Waals surface area contributed by atoms with Crippen LogP contribution in [0.15, 0.2) is 18.2 Å². The van der Waals surface area contributed by atoms with Crippen LogP contribution in [0.4, 0.5) is 4.39 Å². The van der Waals surface area contributed by atoms with Gasteiger partial charge in [0.2, 0.25) is 0 Å². The van der Waals surface area contributed by atoms with Crippen molar-refractivity contribution in [2.75, 3.05) is 20.2 Å². The zero-order valence-corrected chi connectivity index (χ0v) is 12.4. The fourth-order valence-corrected chi connectivity index (χ4v) is 1.95. The average molecular weight is 268 g/mol. The molecule has 19 heavy (non-hydrogen) atoms. The Morgan fingerprint density at radius 1 is 1.37 bits per heavy atom. The van der Waals surface area contributed by atoms with Crippen molar-refractivity contribution in [2.45, 2.75) is 39.3 Å². The van der Waals surface area contributed by atoms with Gasteiger partial charge >= 0.3 is 0 Å². The van der Waals surface area contributed by atoms with Crippen molar-refractivity contribution in [3.63, 3.8) is 0 Å². The van der Waals surface area contributed by atoms with Crippen molar-refractivity contribution in [1.82, 2.24) is 4.90 Å². The number of hydrogen-bond donors (Lipinski definition) is 1. The molecule has 1 rings (SSSR count). The van der Waals surface area contributed by atoms with Crippen molar-refractivity contribution >= 4 is 0 Å². The first-order valence-corrected chi connectivity index (χ1v) is 6.73. The van der Waals surface area contributed by atoms with Crippen LogP contribution < -0.4 is 10.5 Å². The highest BCUT2D eigenvalue weighted by Crippen LogP contribution is 2.22. The van der Waals surface area contributed by atoms with Crippen LogP contribution in [-0.2, 0) is 6.54 Å². The molecule has 0 bridgehead atoms. The van der Waals surface area contributed by atoms with Crippen LogP contribution >= 0.6 is 0 Å². The van der Waals surface area contributed by atoms with E-state index in [0.717, 1.165) is 12.0 Å². The largest absolute Gasteiger partial charge is 0.491 e. The van der Waals surface area contributed by atoms with E-state index in [-0.39, 0.29) is 11.4 Å². The lowest BCUT2D eigenvalue weighted by Gasteiger charge is -2.35. The Labute approximate surface area is 115 Å². The van der Waals surface area contributed by atoms with Crippen molar-refractivity contribution in [1.29, 1.82) is 0 Å². The maximum Gasteiger partial charge on any atom is 0.165 e. The first-order chi connectivity index (χ1) is 8.90. The second-order valence-electron chi connectivity index (χ2n) is 5.40. The van der Waals surface area contributed by atoms with Gasteiger partial charge < -0.3 is 10.5 Å². The van der Waals surface area contributed by atoms with Gasteiger partial charge in [0.25, 0.3) is 0 Å². The van der Waals surface area contributed by atoms with E-state index < -0.39 is 0 Å². The molecular weight excluding hydrogens is 243 g/mol. The van der Waals surface area contributed by atoms with Crippen LogP contribution in [0.5, 0.6) is 5.75 Å². The molecule has 0 aromatic heterocycles. The predicted molar refractivity (Wildman–Crippen MR) is 76.8 cm³/mol. The van der Waals surface area contributed by atoms with Gasteiger partial charge in [0, 0.05) is 12.1 Å².